The van der Waals surface area contributed by atoms with E-state index in [9.17, 15) is 0 Å². The highest BCUT2D eigenvalue weighted by atomic mass is 16.5. The van der Waals surface area contributed by atoms with E-state index in [2.05, 4.69) is 59.9 Å². The van der Waals surface area contributed by atoms with Crippen LogP contribution in [0.25, 0.3) is 5.69 Å². The molecule has 0 spiro atoms. The number of hydrogen-bond donors (Lipinski definition) is 2. The number of para-hydroxylation sites is 1. The summed E-state index contributed by atoms with van der Waals surface area (Å²) in [5.41, 5.74) is 6.42. The molecular formula is C23H32N6O. The van der Waals surface area contributed by atoms with Crippen LogP contribution in [0, 0.1) is 27.7 Å². The zero-order chi connectivity index (χ0) is 21.7. The largest absolute Gasteiger partial charge is 0.361 e. The van der Waals surface area contributed by atoms with Gasteiger partial charge in [-0.3, -0.25) is 0 Å². The minimum absolute atomic E-state index is 0.266. The first kappa shape index (κ1) is 21.6. The zero-order valence-corrected chi connectivity index (χ0v) is 18.8. The Morgan fingerprint density at radius 1 is 1.17 bits per heavy atom. The third-order valence-corrected chi connectivity index (χ3v) is 5.14. The quantitative estimate of drug-likeness (QED) is 0.457. The van der Waals surface area contributed by atoms with Crippen molar-refractivity contribution >= 4 is 5.96 Å². The molecule has 30 heavy (non-hydrogen) atoms. The van der Waals surface area contributed by atoms with Crippen LogP contribution in [0.1, 0.15) is 53.7 Å². The maximum Gasteiger partial charge on any atom is 0.191 e. The number of rotatable bonds is 7. The third kappa shape index (κ3) is 4.90. The molecular weight excluding hydrogens is 376 g/mol. The van der Waals surface area contributed by atoms with Crippen molar-refractivity contribution in [3.05, 3.63) is 64.3 Å². The fraction of sp³-hybridized carbons (Fsp3) is 0.435. The van der Waals surface area contributed by atoms with Gasteiger partial charge in [0.15, 0.2) is 5.96 Å². The van der Waals surface area contributed by atoms with Crippen LogP contribution in [-0.2, 0) is 6.54 Å². The van der Waals surface area contributed by atoms with Gasteiger partial charge in [-0.1, -0.05) is 30.3 Å². The predicted molar refractivity (Wildman–Crippen MR) is 120 cm³/mol. The molecule has 0 amide bonds. The summed E-state index contributed by atoms with van der Waals surface area (Å²) in [6.07, 6.45) is 0. The summed E-state index contributed by atoms with van der Waals surface area (Å²) in [5.74, 6) is 1.93. The Kier molecular flexibility index (Phi) is 6.92. The van der Waals surface area contributed by atoms with Crippen LogP contribution in [-0.4, -0.2) is 34.0 Å². The van der Waals surface area contributed by atoms with E-state index in [4.69, 9.17) is 9.52 Å². The Balaban J connectivity index is 1.75. The fourth-order valence-electron chi connectivity index (χ4n) is 3.78. The fourth-order valence-corrected chi connectivity index (χ4v) is 3.78. The first-order chi connectivity index (χ1) is 14.4. The number of aliphatic imine (C=N–C) groups is 1. The zero-order valence-electron chi connectivity index (χ0n) is 18.8. The minimum atomic E-state index is 0.266. The summed E-state index contributed by atoms with van der Waals surface area (Å²) in [5, 5.41) is 15.5. The maximum absolute atomic E-state index is 5.31. The molecule has 2 heterocycles. The van der Waals surface area contributed by atoms with Crippen LogP contribution in [0.5, 0.6) is 0 Å². The highest BCUT2D eigenvalue weighted by Crippen LogP contribution is 2.22. The Bertz CT molecular complexity index is 997. The summed E-state index contributed by atoms with van der Waals surface area (Å²) in [7, 11) is 0. The van der Waals surface area contributed by atoms with E-state index >= 15 is 0 Å². The topological polar surface area (TPSA) is 80.3 Å². The molecule has 1 atom stereocenters. The summed E-state index contributed by atoms with van der Waals surface area (Å²) < 4.78 is 7.30. The van der Waals surface area contributed by atoms with Gasteiger partial charge in [-0.2, -0.15) is 5.10 Å². The standard InChI is InChI=1S/C23H32N6O/c1-7-24-23(25-13-15(2)22-18(5)28-30-19(22)6)26-14-20-10-8-9-11-21(20)29-17(4)12-16(3)27-29/h8-12,15H,7,13-14H2,1-6H3,(H2,24,25,26). The summed E-state index contributed by atoms with van der Waals surface area (Å²) in [6.45, 7) is 14.4. The molecule has 0 aliphatic heterocycles. The first-order valence-corrected chi connectivity index (χ1v) is 10.5. The Morgan fingerprint density at radius 3 is 2.57 bits per heavy atom. The van der Waals surface area contributed by atoms with Crippen molar-refractivity contribution in [2.75, 3.05) is 13.1 Å². The first-order valence-electron chi connectivity index (χ1n) is 10.5. The van der Waals surface area contributed by atoms with Crippen LogP contribution in [0.15, 0.2) is 39.8 Å². The predicted octanol–water partition coefficient (Wildman–Crippen LogP) is 3.95. The molecule has 0 bridgehead atoms. The second-order valence-corrected chi connectivity index (χ2v) is 7.68. The average Bonchev–Trinajstić information content (AvgIpc) is 3.24. The van der Waals surface area contributed by atoms with Gasteiger partial charge in [0.2, 0.25) is 0 Å². The van der Waals surface area contributed by atoms with E-state index in [1.807, 2.05) is 37.6 Å². The molecule has 3 aromatic rings. The number of guanidine groups is 1. The lowest BCUT2D eigenvalue weighted by Crippen LogP contribution is -2.39. The van der Waals surface area contributed by atoms with E-state index in [0.29, 0.717) is 6.54 Å². The van der Waals surface area contributed by atoms with Crippen LogP contribution in [0.4, 0.5) is 0 Å². The average molecular weight is 409 g/mol. The third-order valence-electron chi connectivity index (χ3n) is 5.14. The van der Waals surface area contributed by atoms with Crippen LogP contribution in [0.3, 0.4) is 0 Å². The van der Waals surface area contributed by atoms with Crippen LogP contribution >= 0.6 is 0 Å². The van der Waals surface area contributed by atoms with Gasteiger partial charge in [0, 0.05) is 30.3 Å². The number of aryl methyl sites for hydroxylation is 4. The lowest BCUT2D eigenvalue weighted by Gasteiger charge is -2.16. The molecule has 0 aliphatic carbocycles. The van der Waals surface area contributed by atoms with E-state index in [1.165, 1.54) is 0 Å². The lowest BCUT2D eigenvalue weighted by molar-refractivity contribution is 0.391. The van der Waals surface area contributed by atoms with Gasteiger partial charge < -0.3 is 15.2 Å². The molecule has 160 valence electrons. The minimum Gasteiger partial charge on any atom is -0.361 e. The van der Waals surface area contributed by atoms with Gasteiger partial charge in [0.05, 0.1) is 23.6 Å². The maximum atomic E-state index is 5.31. The van der Waals surface area contributed by atoms with Gasteiger partial charge in [-0.25, -0.2) is 9.67 Å². The Hall–Kier alpha value is -3.09. The van der Waals surface area contributed by atoms with E-state index in [1.54, 1.807) is 0 Å². The van der Waals surface area contributed by atoms with Gasteiger partial charge in [0.25, 0.3) is 0 Å². The number of benzene rings is 1. The highest BCUT2D eigenvalue weighted by molar-refractivity contribution is 5.79. The van der Waals surface area contributed by atoms with Crippen molar-refractivity contribution < 1.29 is 4.52 Å². The second kappa shape index (κ2) is 9.61. The number of aromatic nitrogens is 3. The smallest absolute Gasteiger partial charge is 0.191 e. The highest BCUT2D eigenvalue weighted by Gasteiger charge is 2.16. The Morgan fingerprint density at radius 2 is 1.93 bits per heavy atom. The Labute approximate surface area is 178 Å². The molecule has 2 aromatic heterocycles. The van der Waals surface area contributed by atoms with Gasteiger partial charge in [-0.15, -0.1) is 0 Å². The summed E-state index contributed by atoms with van der Waals surface area (Å²) in [6, 6.07) is 10.4. The second-order valence-electron chi connectivity index (χ2n) is 7.68. The van der Waals surface area contributed by atoms with E-state index in [-0.39, 0.29) is 5.92 Å². The van der Waals surface area contributed by atoms with E-state index in [0.717, 1.165) is 58.7 Å². The molecule has 3 rings (SSSR count). The summed E-state index contributed by atoms with van der Waals surface area (Å²) in [4.78, 5) is 4.82. The van der Waals surface area contributed by atoms with Gasteiger partial charge in [0.1, 0.15) is 5.76 Å². The van der Waals surface area contributed by atoms with E-state index < -0.39 is 0 Å². The van der Waals surface area contributed by atoms with Gasteiger partial charge >= 0.3 is 0 Å². The molecule has 1 aromatic carbocycles. The summed E-state index contributed by atoms with van der Waals surface area (Å²) >= 11 is 0. The number of nitrogens with one attached hydrogen (secondary N) is 2. The normalized spacial score (nSPS) is 12.8. The molecule has 2 N–H and O–H groups in total. The molecule has 0 saturated carbocycles. The molecule has 0 saturated heterocycles. The van der Waals surface area contributed by atoms with Crippen molar-refractivity contribution in [2.24, 2.45) is 4.99 Å². The lowest BCUT2D eigenvalue weighted by atomic mass is 10.00. The van der Waals surface area contributed by atoms with Crippen molar-refractivity contribution in [1.82, 2.24) is 25.6 Å². The van der Waals surface area contributed by atoms with Crippen LogP contribution < -0.4 is 10.6 Å². The van der Waals surface area contributed by atoms with Crippen molar-refractivity contribution in [2.45, 2.75) is 54.0 Å². The molecule has 0 aliphatic rings. The molecule has 0 radical (unpaired) electrons. The molecule has 0 fully saturated rings. The molecule has 7 heteroatoms. The van der Waals surface area contributed by atoms with Crippen molar-refractivity contribution in [3.63, 3.8) is 0 Å². The number of hydrogen-bond acceptors (Lipinski definition) is 4. The van der Waals surface area contributed by atoms with Gasteiger partial charge in [-0.05, 0) is 52.3 Å². The monoisotopic (exact) mass is 408 g/mol. The molecule has 1 unspecified atom stereocenters. The van der Waals surface area contributed by atoms with Crippen molar-refractivity contribution in [1.29, 1.82) is 0 Å². The van der Waals surface area contributed by atoms with Crippen LogP contribution in [0.2, 0.25) is 0 Å². The van der Waals surface area contributed by atoms with Crippen molar-refractivity contribution in [3.8, 4) is 5.69 Å². The number of nitrogens with zero attached hydrogens (tertiary/aromatic N) is 4. The SMILES string of the molecule is CCNC(=NCc1ccccc1-n1nc(C)cc1C)NCC(C)c1c(C)noc1C. The molecule has 7 nitrogen and oxygen atoms in total.